The molecule has 1 aromatic heterocycles. The number of anilines is 1. The maximum atomic E-state index is 12.4. The number of ether oxygens (including phenoxy) is 1. The zero-order valence-electron chi connectivity index (χ0n) is 13.6. The molecule has 3 aromatic rings. The van der Waals surface area contributed by atoms with Crippen LogP contribution in [0.2, 0.25) is 0 Å². The lowest BCUT2D eigenvalue weighted by molar-refractivity contribution is -0.274. The van der Waals surface area contributed by atoms with Gasteiger partial charge in [0, 0.05) is 11.3 Å². The highest BCUT2D eigenvalue weighted by molar-refractivity contribution is 6.06. The number of hydrogen-bond donors (Lipinski definition) is 1. The van der Waals surface area contributed by atoms with Gasteiger partial charge in [-0.05, 0) is 36.8 Å². The first-order valence-corrected chi connectivity index (χ1v) is 7.64. The molecule has 0 fully saturated rings. The molecule has 2 aromatic carbocycles. The number of aryl methyl sites for hydroxylation is 1. The summed E-state index contributed by atoms with van der Waals surface area (Å²) in [6.07, 6.45) is -3.31. The van der Waals surface area contributed by atoms with Crippen LogP contribution in [0.15, 0.2) is 65.3 Å². The van der Waals surface area contributed by atoms with Crippen LogP contribution < -0.4 is 10.1 Å². The van der Waals surface area contributed by atoms with Crippen LogP contribution in [0.25, 0.3) is 11.1 Å². The maximum absolute atomic E-state index is 12.4. The molecular weight excluding hydrogens is 347 g/mol. The third-order valence-electron chi connectivity index (χ3n) is 3.68. The van der Waals surface area contributed by atoms with Crippen molar-refractivity contribution in [3.8, 4) is 16.9 Å². The SMILES string of the molecule is Cc1occc1C(=O)Nc1ccccc1-c1ccc(OC(F)(F)F)cc1. The summed E-state index contributed by atoms with van der Waals surface area (Å²) < 4.78 is 45.8. The van der Waals surface area contributed by atoms with Crippen molar-refractivity contribution >= 4 is 11.6 Å². The first-order chi connectivity index (χ1) is 12.3. The molecule has 0 radical (unpaired) electrons. The van der Waals surface area contributed by atoms with Gasteiger partial charge in [-0.3, -0.25) is 4.79 Å². The average Bonchev–Trinajstić information content (AvgIpc) is 3.01. The molecule has 1 amide bonds. The van der Waals surface area contributed by atoms with Crippen molar-refractivity contribution in [1.82, 2.24) is 0 Å². The van der Waals surface area contributed by atoms with E-state index < -0.39 is 6.36 Å². The number of benzene rings is 2. The molecule has 134 valence electrons. The van der Waals surface area contributed by atoms with Gasteiger partial charge in [0.25, 0.3) is 5.91 Å². The van der Waals surface area contributed by atoms with Gasteiger partial charge in [-0.15, -0.1) is 13.2 Å². The van der Waals surface area contributed by atoms with Crippen LogP contribution in [0.5, 0.6) is 5.75 Å². The largest absolute Gasteiger partial charge is 0.573 e. The molecule has 0 saturated carbocycles. The molecule has 0 unspecified atom stereocenters. The minimum Gasteiger partial charge on any atom is -0.469 e. The van der Waals surface area contributed by atoms with Crippen molar-refractivity contribution < 1.29 is 27.1 Å². The number of alkyl halides is 3. The Morgan fingerprint density at radius 3 is 2.35 bits per heavy atom. The first-order valence-electron chi connectivity index (χ1n) is 7.64. The van der Waals surface area contributed by atoms with Gasteiger partial charge >= 0.3 is 6.36 Å². The van der Waals surface area contributed by atoms with Crippen molar-refractivity contribution in [2.75, 3.05) is 5.32 Å². The van der Waals surface area contributed by atoms with Crippen molar-refractivity contribution in [3.63, 3.8) is 0 Å². The number of halogens is 3. The summed E-state index contributed by atoms with van der Waals surface area (Å²) in [7, 11) is 0. The lowest BCUT2D eigenvalue weighted by Crippen LogP contribution is -2.17. The van der Waals surface area contributed by atoms with Gasteiger partial charge in [-0.2, -0.15) is 0 Å². The fourth-order valence-corrected chi connectivity index (χ4v) is 2.49. The van der Waals surface area contributed by atoms with Crippen LogP contribution in [0.1, 0.15) is 16.1 Å². The number of carbonyl (C=O) groups is 1. The average molecular weight is 361 g/mol. The Labute approximate surface area is 147 Å². The van der Waals surface area contributed by atoms with Gasteiger partial charge < -0.3 is 14.5 Å². The second-order valence-electron chi connectivity index (χ2n) is 5.46. The van der Waals surface area contributed by atoms with E-state index in [0.717, 1.165) is 0 Å². The molecule has 1 heterocycles. The van der Waals surface area contributed by atoms with E-state index in [1.807, 2.05) is 0 Å². The molecule has 0 bridgehead atoms. The second-order valence-corrected chi connectivity index (χ2v) is 5.46. The summed E-state index contributed by atoms with van der Waals surface area (Å²) in [6, 6.07) is 14.0. The third kappa shape index (κ3) is 4.05. The predicted octanol–water partition coefficient (Wildman–Crippen LogP) is 5.41. The molecule has 0 aliphatic carbocycles. The number of furan rings is 1. The third-order valence-corrected chi connectivity index (χ3v) is 3.68. The zero-order chi connectivity index (χ0) is 18.7. The molecule has 7 heteroatoms. The van der Waals surface area contributed by atoms with E-state index in [9.17, 15) is 18.0 Å². The Kier molecular flexibility index (Phi) is 4.71. The van der Waals surface area contributed by atoms with Gasteiger partial charge in [0.1, 0.15) is 11.5 Å². The second kappa shape index (κ2) is 6.95. The fraction of sp³-hybridized carbons (Fsp3) is 0.105. The quantitative estimate of drug-likeness (QED) is 0.676. The lowest BCUT2D eigenvalue weighted by Gasteiger charge is -2.12. The Morgan fingerprint density at radius 1 is 1.04 bits per heavy atom. The molecule has 0 aliphatic heterocycles. The summed E-state index contributed by atoms with van der Waals surface area (Å²) in [5, 5.41) is 2.79. The standard InChI is InChI=1S/C19H14F3NO3/c1-12-15(10-11-25-12)18(24)23-17-5-3-2-4-16(17)13-6-8-14(9-7-13)26-19(20,21)22/h2-11H,1H3,(H,23,24). The number of nitrogens with one attached hydrogen (secondary N) is 1. The Hall–Kier alpha value is -3.22. The highest BCUT2D eigenvalue weighted by atomic mass is 19.4. The molecule has 0 spiro atoms. The van der Waals surface area contributed by atoms with Gasteiger partial charge in [0.15, 0.2) is 0 Å². The summed E-state index contributed by atoms with van der Waals surface area (Å²) in [5.41, 5.74) is 2.25. The highest BCUT2D eigenvalue weighted by Gasteiger charge is 2.31. The molecule has 1 N–H and O–H groups in total. The van der Waals surface area contributed by atoms with E-state index in [2.05, 4.69) is 10.1 Å². The number of para-hydroxylation sites is 1. The van der Waals surface area contributed by atoms with E-state index in [0.29, 0.717) is 28.1 Å². The fourth-order valence-electron chi connectivity index (χ4n) is 2.49. The lowest BCUT2D eigenvalue weighted by atomic mass is 10.0. The minimum atomic E-state index is -4.74. The van der Waals surface area contributed by atoms with E-state index in [1.165, 1.54) is 30.5 Å². The van der Waals surface area contributed by atoms with Crippen LogP contribution in [0, 0.1) is 6.92 Å². The molecule has 0 saturated heterocycles. The summed E-state index contributed by atoms with van der Waals surface area (Å²) >= 11 is 0. The van der Waals surface area contributed by atoms with Gasteiger partial charge in [0.05, 0.1) is 11.8 Å². The van der Waals surface area contributed by atoms with Crippen molar-refractivity contribution in [1.29, 1.82) is 0 Å². The van der Waals surface area contributed by atoms with Gasteiger partial charge in [0.2, 0.25) is 0 Å². The van der Waals surface area contributed by atoms with Crippen molar-refractivity contribution in [2.24, 2.45) is 0 Å². The molecule has 3 rings (SSSR count). The molecule has 0 atom stereocenters. The molecule has 26 heavy (non-hydrogen) atoms. The molecule has 4 nitrogen and oxygen atoms in total. The van der Waals surface area contributed by atoms with E-state index in [4.69, 9.17) is 4.42 Å². The van der Waals surface area contributed by atoms with E-state index in [1.54, 1.807) is 37.3 Å². The first kappa shape index (κ1) is 17.6. The van der Waals surface area contributed by atoms with Crippen LogP contribution >= 0.6 is 0 Å². The number of rotatable bonds is 4. The summed E-state index contributed by atoms with van der Waals surface area (Å²) in [6.45, 7) is 1.68. The van der Waals surface area contributed by atoms with Crippen LogP contribution in [0.4, 0.5) is 18.9 Å². The van der Waals surface area contributed by atoms with E-state index in [-0.39, 0.29) is 11.7 Å². The summed E-state index contributed by atoms with van der Waals surface area (Å²) in [4.78, 5) is 12.4. The Balaban J connectivity index is 1.85. The van der Waals surface area contributed by atoms with Crippen molar-refractivity contribution in [2.45, 2.75) is 13.3 Å². The monoisotopic (exact) mass is 361 g/mol. The van der Waals surface area contributed by atoms with Crippen molar-refractivity contribution in [3.05, 3.63) is 72.2 Å². The normalized spacial score (nSPS) is 11.2. The predicted molar refractivity (Wildman–Crippen MR) is 90.0 cm³/mol. The summed E-state index contributed by atoms with van der Waals surface area (Å²) in [5.74, 6) is -0.147. The molecular formula is C19H14F3NO3. The number of carbonyl (C=O) groups excluding carboxylic acids is 1. The molecule has 0 aliphatic rings. The van der Waals surface area contributed by atoms with E-state index >= 15 is 0 Å². The topological polar surface area (TPSA) is 51.5 Å². The van der Waals surface area contributed by atoms with Crippen LogP contribution in [-0.4, -0.2) is 12.3 Å². The maximum Gasteiger partial charge on any atom is 0.573 e. The van der Waals surface area contributed by atoms with Gasteiger partial charge in [-0.25, -0.2) is 0 Å². The van der Waals surface area contributed by atoms with Gasteiger partial charge in [-0.1, -0.05) is 30.3 Å². The number of amides is 1. The minimum absolute atomic E-state index is 0.309. The van der Waals surface area contributed by atoms with Crippen LogP contribution in [0.3, 0.4) is 0 Å². The Bertz CT molecular complexity index is 914. The smallest absolute Gasteiger partial charge is 0.469 e. The van der Waals surface area contributed by atoms with Crippen LogP contribution in [-0.2, 0) is 0 Å². The zero-order valence-corrected chi connectivity index (χ0v) is 13.6. The number of hydrogen-bond acceptors (Lipinski definition) is 3. The Morgan fingerprint density at radius 2 is 1.73 bits per heavy atom. The highest BCUT2D eigenvalue weighted by Crippen LogP contribution is 2.31.